The molecule has 0 spiro atoms. The van der Waals surface area contributed by atoms with Crippen LogP contribution < -0.4 is 10.6 Å². The van der Waals surface area contributed by atoms with Gasteiger partial charge >= 0.3 is 0 Å². The van der Waals surface area contributed by atoms with E-state index in [4.69, 9.17) is 0 Å². The van der Waals surface area contributed by atoms with E-state index in [1.165, 1.54) is 5.06 Å². The van der Waals surface area contributed by atoms with Gasteiger partial charge in [0.1, 0.15) is 0 Å². The van der Waals surface area contributed by atoms with E-state index in [9.17, 15) is 10.0 Å². The SMILES string of the molecule is C=CC(C1=c2ccccc2=NC1=O)C1CCCCN1O. The van der Waals surface area contributed by atoms with E-state index in [1.807, 2.05) is 24.3 Å². The number of amides is 1. The summed E-state index contributed by atoms with van der Waals surface area (Å²) in [5.74, 6) is -0.379. The summed E-state index contributed by atoms with van der Waals surface area (Å²) in [5.41, 5.74) is 0.668. The van der Waals surface area contributed by atoms with Gasteiger partial charge in [-0.15, -0.1) is 6.58 Å². The highest BCUT2D eigenvalue weighted by Crippen LogP contribution is 2.29. The van der Waals surface area contributed by atoms with Gasteiger partial charge in [-0.2, -0.15) is 5.06 Å². The molecular formula is C16H18N2O2. The maximum atomic E-state index is 12.2. The smallest absolute Gasteiger partial charge is 0.274 e. The van der Waals surface area contributed by atoms with Gasteiger partial charge in [-0.1, -0.05) is 30.7 Å². The number of hydrogen-bond acceptors (Lipinski definition) is 3. The molecule has 0 saturated carbocycles. The highest BCUT2D eigenvalue weighted by Gasteiger charge is 2.34. The van der Waals surface area contributed by atoms with Crippen molar-refractivity contribution in [2.24, 2.45) is 10.9 Å². The summed E-state index contributed by atoms with van der Waals surface area (Å²) in [7, 11) is 0. The molecule has 2 aliphatic rings. The van der Waals surface area contributed by atoms with E-state index in [2.05, 4.69) is 11.6 Å². The number of hydrogen-bond donors (Lipinski definition) is 1. The number of fused-ring (bicyclic) bond motifs is 1. The molecule has 1 aromatic rings. The lowest BCUT2D eigenvalue weighted by atomic mass is 9.85. The monoisotopic (exact) mass is 270 g/mol. The Morgan fingerprint density at radius 3 is 2.95 bits per heavy atom. The molecule has 0 aliphatic carbocycles. The van der Waals surface area contributed by atoms with Gasteiger partial charge in [0.2, 0.25) is 0 Å². The fraction of sp³-hybridized carbons (Fsp3) is 0.375. The predicted molar refractivity (Wildman–Crippen MR) is 75.5 cm³/mol. The number of carbonyl (C=O) groups excluding carboxylic acids is 1. The second-order valence-electron chi connectivity index (χ2n) is 5.34. The molecule has 2 atom stereocenters. The minimum Gasteiger partial charge on any atom is -0.314 e. The zero-order valence-electron chi connectivity index (χ0n) is 11.3. The van der Waals surface area contributed by atoms with Crippen molar-refractivity contribution < 1.29 is 10.0 Å². The number of para-hydroxylation sites is 1. The van der Waals surface area contributed by atoms with Crippen molar-refractivity contribution in [1.82, 2.24) is 5.06 Å². The largest absolute Gasteiger partial charge is 0.314 e. The standard InChI is InChI=1S/C16H18N2O2/c1-2-11(14-9-5-6-10-18(14)20)15-12-7-3-4-8-13(12)17-16(15)19/h2-4,7-8,11,14,20H,1,5-6,9-10H2. The number of nitrogens with zero attached hydrogens (tertiary/aromatic N) is 2. The maximum Gasteiger partial charge on any atom is 0.274 e. The van der Waals surface area contributed by atoms with Crippen LogP contribution >= 0.6 is 0 Å². The van der Waals surface area contributed by atoms with Crippen LogP contribution in [0, 0.1) is 5.92 Å². The zero-order chi connectivity index (χ0) is 14.1. The molecule has 1 aromatic carbocycles. The second kappa shape index (κ2) is 5.31. The van der Waals surface area contributed by atoms with Gasteiger partial charge in [-0.3, -0.25) is 4.79 Å². The molecule has 1 fully saturated rings. The molecule has 1 N–H and O–H groups in total. The van der Waals surface area contributed by atoms with Crippen LogP contribution in [-0.2, 0) is 4.79 Å². The molecule has 3 rings (SSSR count). The van der Waals surface area contributed by atoms with Crippen molar-refractivity contribution in [3.63, 3.8) is 0 Å². The molecule has 2 heterocycles. The summed E-state index contributed by atoms with van der Waals surface area (Å²) in [6.45, 7) is 4.52. The predicted octanol–water partition coefficient (Wildman–Crippen LogP) is 1.04. The van der Waals surface area contributed by atoms with Crippen LogP contribution in [0.1, 0.15) is 19.3 Å². The average Bonchev–Trinajstić information content (AvgIpc) is 2.78. The molecule has 1 saturated heterocycles. The molecule has 0 radical (unpaired) electrons. The van der Waals surface area contributed by atoms with E-state index < -0.39 is 0 Å². The third-order valence-electron chi connectivity index (χ3n) is 4.17. The third-order valence-corrected chi connectivity index (χ3v) is 4.17. The van der Waals surface area contributed by atoms with E-state index in [-0.39, 0.29) is 17.9 Å². The molecule has 20 heavy (non-hydrogen) atoms. The molecular weight excluding hydrogens is 252 g/mol. The normalized spacial score (nSPS) is 24.1. The summed E-state index contributed by atoms with van der Waals surface area (Å²) in [4.78, 5) is 16.3. The summed E-state index contributed by atoms with van der Waals surface area (Å²) >= 11 is 0. The number of hydroxylamine groups is 2. The molecule has 0 bridgehead atoms. The van der Waals surface area contributed by atoms with Gasteiger partial charge in [0.15, 0.2) is 0 Å². The Hall–Kier alpha value is -1.78. The Kier molecular flexibility index (Phi) is 3.51. The lowest BCUT2D eigenvalue weighted by Gasteiger charge is -2.35. The average molecular weight is 270 g/mol. The summed E-state index contributed by atoms with van der Waals surface area (Å²) in [6.07, 6.45) is 4.68. The fourth-order valence-corrected chi connectivity index (χ4v) is 3.18. The number of benzene rings is 1. The lowest BCUT2D eigenvalue weighted by Crippen LogP contribution is -2.43. The number of rotatable bonds is 3. The van der Waals surface area contributed by atoms with Crippen LogP contribution in [0.2, 0.25) is 0 Å². The molecule has 2 aliphatic heterocycles. The van der Waals surface area contributed by atoms with Crippen molar-refractivity contribution >= 4 is 11.5 Å². The highest BCUT2D eigenvalue weighted by molar-refractivity contribution is 6.16. The van der Waals surface area contributed by atoms with Crippen molar-refractivity contribution in [2.75, 3.05) is 6.54 Å². The van der Waals surface area contributed by atoms with Crippen LogP contribution in [0.3, 0.4) is 0 Å². The molecule has 1 amide bonds. The fourth-order valence-electron chi connectivity index (χ4n) is 3.18. The van der Waals surface area contributed by atoms with Crippen molar-refractivity contribution in [2.45, 2.75) is 25.3 Å². The Balaban J connectivity index is 2.09. The summed E-state index contributed by atoms with van der Waals surface area (Å²) < 4.78 is 0. The Morgan fingerprint density at radius 1 is 1.40 bits per heavy atom. The minimum atomic E-state index is -0.199. The van der Waals surface area contributed by atoms with Crippen molar-refractivity contribution in [3.05, 3.63) is 47.5 Å². The van der Waals surface area contributed by atoms with E-state index >= 15 is 0 Å². The van der Waals surface area contributed by atoms with Gasteiger partial charge in [0.05, 0.1) is 5.36 Å². The number of carbonyl (C=O) groups is 1. The van der Waals surface area contributed by atoms with Gasteiger partial charge < -0.3 is 5.21 Å². The van der Waals surface area contributed by atoms with Crippen LogP contribution in [0.25, 0.3) is 5.57 Å². The number of piperidine rings is 1. The zero-order valence-corrected chi connectivity index (χ0v) is 11.3. The first-order valence-electron chi connectivity index (χ1n) is 7.02. The van der Waals surface area contributed by atoms with Gasteiger partial charge in [-0.25, -0.2) is 4.99 Å². The lowest BCUT2D eigenvalue weighted by molar-refractivity contribution is -0.147. The van der Waals surface area contributed by atoms with Gasteiger partial charge in [0.25, 0.3) is 5.91 Å². The summed E-state index contributed by atoms with van der Waals surface area (Å²) in [6, 6.07) is 7.46. The summed E-state index contributed by atoms with van der Waals surface area (Å²) in [5, 5.41) is 13.1. The molecule has 4 heteroatoms. The van der Waals surface area contributed by atoms with Crippen LogP contribution in [-0.4, -0.2) is 28.8 Å². The third kappa shape index (κ3) is 2.11. The van der Waals surface area contributed by atoms with Crippen molar-refractivity contribution in [1.29, 1.82) is 0 Å². The first kappa shape index (κ1) is 13.2. The van der Waals surface area contributed by atoms with Crippen LogP contribution in [0.5, 0.6) is 0 Å². The van der Waals surface area contributed by atoms with Crippen LogP contribution in [0.15, 0.2) is 41.9 Å². The van der Waals surface area contributed by atoms with Crippen molar-refractivity contribution in [3.8, 4) is 0 Å². The first-order chi connectivity index (χ1) is 9.72. The van der Waals surface area contributed by atoms with Crippen LogP contribution in [0.4, 0.5) is 0 Å². The molecule has 104 valence electrons. The quantitative estimate of drug-likeness (QED) is 0.835. The maximum absolute atomic E-state index is 12.2. The Morgan fingerprint density at radius 2 is 2.20 bits per heavy atom. The van der Waals surface area contributed by atoms with E-state index in [0.717, 1.165) is 29.8 Å². The van der Waals surface area contributed by atoms with E-state index in [0.29, 0.717) is 12.1 Å². The van der Waals surface area contributed by atoms with Gasteiger partial charge in [-0.05, 0) is 18.9 Å². The highest BCUT2D eigenvalue weighted by atomic mass is 16.5. The molecule has 0 aromatic heterocycles. The first-order valence-corrected chi connectivity index (χ1v) is 7.02. The second-order valence-corrected chi connectivity index (χ2v) is 5.34. The van der Waals surface area contributed by atoms with Gasteiger partial charge in [0, 0.05) is 29.3 Å². The van der Waals surface area contributed by atoms with E-state index in [1.54, 1.807) is 6.08 Å². The molecule has 4 nitrogen and oxygen atoms in total. The Bertz CT molecular complexity index is 665. The topological polar surface area (TPSA) is 52.9 Å². The Labute approximate surface area is 117 Å². The molecule has 2 unspecified atom stereocenters. The minimum absolute atomic E-state index is 0.0819.